The number of aromatic nitrogens is 2. The van der Waals surface area contributed by atoms with Crippen LogP contribution < -0.4 is 11.1 Å². The van der Waals surface area contributed by atoms with Crippen LogP contribution in [0.1, 0.15) is 37.0 Å². The predicted octanol–water partition coefficient (Wildman–Crippen LogP) is 1.83. The highest BCUT2D eigenvalue weighted by atomic mass is 16.1. The molecule has 1 atom stereocenters. The summed E-state index contributed by atoms with van der Waals surface area (Å²) in [5.74, 6) is 0.326. The fourth-order valence-electron chi connectivity index (χ4n) is 2.48. The lowest BCUT2D eigenvalue weighted by molar-refractivity contribution is 0.0949. The molecule has 1 amide bonds. The summed E-state index contributed by atoms with van der Waals surface area (Å²) in [6.45, 7) is 4.75. The van der Waals surface area contributed by atoms with Gasteiger partial charge in [0.25, 0.3) is 5.91 Å². The van der Waals surface area contributed by atoms with Crippen molar-refractivity contribution in [1.29, 1.82) is 0 Å². The Bertz CT molecular complexity index is 574. The summed E-state index contributed by atoms with van der Waals surface area (Å²) in [7, 11) is 0. The second-order valence-corrected chi connectivity index (χ2v) is 5.04. The van der Waals surface area contributed by atoms with Gasteiger partial charge in [0.15, 0.2) is 0 Å². The number of nitrogens with one attached hydrogen (secondary N) is 1. The molecule has 0 fully saturated rings. The van der Waals surface area contributed by atoms with Gasteiger partial charge >= 0.3 is 0 Å². The fourth-order valence-corrected chi connectivity index (χ4v) is 2.48. The molecule has 2 aromatic rings. The van der Waals surface area contributed by atoms with Gasteiger partial charge < -0.3 is 11.1 Å². The van der Waals surface area contributed by atoms with E-state index in [0.29, 0.717) is 18.0 Å². The minimum absolute atomic E-state index is 0.00390. The van der Waals surface area contributed by atoms with Gasteiger partial charge in [-0.2, -0.15) is 5.10 Å². The first-order valence-electron chi connectivity index (χ1n) is 7.13. The first-order valence-corrected chi connectivity index (χ1v) is 7.13. The number of fused-ring (bicyclic) bond motifs is 1. The molecule has 1 unspecified atom stereocenters. The third kappa shape index (κ3) is 2.99. The van der Waals surface area contributed by atoms with E-state index in [4.69, 9.17) is 5.73 Å². The van der Waals surface area contributed by atoms with E-state index in [1.54, 1.807) is 10.7 Å². The van der Waals surface area contributed by atoms with Crippen molar-refractivity contribution in [3.8, 4) is 0 Å². The van der Waals surface area contributed by atoms with Crippen molar-refractivity contribution in [2.75, 3.05) is 6.54 Å². The van der Waals surface area contributed by atoms with Gasteiger partial charge in [-0.05, 0) is 18.1 Å². The van der Waals surface area contributed by atoms with E-state index >= 15 is 0 Å². The van der Waals surface area contributed by atoms with Gasteiger partial charge in [-0.15, -0.1) is 0 Å². The van der Waals surface area contributed by atoms with Gasteiger partial charge in [0.05, 0.1) is 17.3 Å². The number of rotatable bonds is 6. The molecule has 0 aliphatic carbocycles. The monoisotopic (exact) mass is 274 g/mol. The third-order valence-corrected chi connectivity index (χ3v) is 3.82. The predicted molar refractivity (Wildman–Crippen MR) is 79.6 cm³/mol. The number of hydrogen-bond acceptors (Lipinski definition) is 3. The topological polar surface area (TPSA) is 72.4 Å². The molecule has 5 heteroatoms. The Morgan fingerprint density at radius 1 is 1.40 bits per heavy atom. The van der Waals surface area contributed by atoms with E-state index < -0.39 is 0 Å². The van der Waals surface area contributed by atoms with Crippen LogP contribution >= 0.6 is 0 Å². The van der Waals surface area contributed by atoms with E-state index in [2.05, 4.69) is 24.3 Å². The van der Waals surface area contributed by atoms with E-state index in [1.165, 1.54) is 0 Å². The molecule has 0 saturated carbocycles. The zero-order chi connectivity index (χ0) is 14.5. The maximum Gasteiger partial charge on any atom is 0.255 e. The van der Waals surface area contributed by atoms with E-state index in [-0.39, 0.29) is 11.9 Å². The quantitative estimate of drug-likeness (QED) is 0.844. The number of carbonyl (C=O) groups excluding carboxylic acids is 1. The van der Waals surface area contributed by atoms with Crippen LogP contribution in [0.4, 0.5) is 0 Å². The maximum atomic E-state index is 12.2. The fraction of sp³-hybridized carbons (Fsp3) is 0.467. The molecule has 2 aromatic heterocycles. The number of amides is 1. The second-order valence-electron chi connectivity index (χ2n) is 5.04. The normalized spacial score (nSPS) is 12.8. The van der Waals surface area contributed by atoms with Crippen LogP contribution in [0.3, 0.4) is 0 Å². The standard InChI is InChI=1S/C15H22N4O/c1-3-11(4-2)13(16)10-17-15(20)12-9-18-19-8-6-5-7-14(12)19/h5-9,11,13H,3-4,10,16H2,1-2H3,(H,17,20). The van der Waals surface area contributed by atoms with Gasteiger partial charge in [-0.1, -0.05) is 32.8 Å². The summed E-state index contributed by atoms with van der Waals surface area (Å²) in [6.07, 6.45) is 5.48. The van der Waals surface area contributed by atoms with Crippen molar-refractivity contribution in [2.24, 2.45) is 11.7 Å². The van der Waals surface area contributed by atoms with Crippen LogP contribution in [0.5, 0.6) is 0 Å². The first kappa shape index (κ1) is 14.5. The smallest absolute Gasteiger partial charge is 0.255 e. The van der Waals surface area contributed by atoms with Crippen molar-refractivity contribution < 1.29 is 4.79 Å². The summed E-state index contributed by atoms with van der Waals surface area (Å²) >= 11 is 0. The number of pyridine rings is 1. The molecule has 0 aromatic carbocycles. The summed E-state index contributed by atoms with van der Waals surface area (Å²) in [5.41, 5.74) is 7.51. The highest BCUT2D eigenvalue weighted by Crippen LogP contribution is 2.12. The lowest BCUT2D eigenvalue weighted by Gasteiger charge is -2.21. The lowest BCUT2D eigenvalue weighted by Crippen LogP contribution is -2.41. The van der Waals surface area contributed by atoms with Crippen LogP contribution in [0.2, 0.25) is 0 Å². The minimum atomic E-state index is -0.118. The maximum absolute atomic E-state index is 12.2. The Hall–Kier alpha value is -1.88. The molecule has 20 heavy (non-hydrogen) atoms. The van der Waals surface area contributed by atoms with Gasteiger partial charge in [0.2, 0.25) is 0 Å². The Morgan fingerprint density at radius 2 is 2.15 bits per heavy atom. The van der Waals surface area contributed by atoms with Gasteiger partial charge in [0, 0.05) is 18.8 Å². The summed E-state index contributed by atoms with van der Waals surface area (Å²) < 4.78 is 1.69. The van der Waals surface area contributed by atoms with Gasteiger partial charge in [-0.3, -0.25) is 4.79 Å². The molecule has 0 saturated heterocycles. The minimum Gasteiger partial charge on any atom is -0.350 e. The van der Waals surface area contributed by atoms with E-state index in [0.717, 1.165) is 18.4 Å². The lowest BCUT2D eigenvalue weighted by atomic mass is 9.95. The number of nitrogens with zero attached hydrogens (tertiary/aromatic N) is 2. The molecule has 0 spiro atoms. The Kier molecular flexibility index (Phi) is 4.74. The summed E-state index contributed by atoms with van der Waals surface area (Å²) in [6, 6.07) is 5.65. The molecule has 0 aliphatic rings. The summed E-state index contributed by atoms with van der Waals surface area (Å²) in [5, 5.41) is 7.07. The third-order valence-electron chi connectivity index (χ3n) is 3.82. The van der Waals surface area contributed by atoms with E-state index in [1.807, 2.05) is 24.4 Å². The Balaban J connectivity index is 2.02. The van der Waals surface area contributed by atoms with Gasteiger partial charge in [-0.25, -0.2) is 4.52 Å². The van der Waals surface area contributed by atoms with Crippen molar-refractivity contribution >= 4 is 11.4 Å². The summed E-state index contributed by atoms with van der Waals surface area (Å²) in [4.78, 5) is 12.2. The molecule has 108 valence electrons. The molecule has 2 rings (SSSR count). The molecule has 2 heterocycles. The van der Waals surface area contributed by atoms with Crippen LogP contribution in [-0.4, -0.2) is 28.1 Å². The van der Waals surface area contributed by atoms with E-state index in [9.17, 15) is 4.79 Å². The van der Waals surface area contributed by atoms with Crippen molar-refractivity contribution in [2.45, 2.75) is 32.7 Å². The van der Waals surface area contributed by atoms with Crippen molar-refractivity contribution in [3.63, 3.8) is 0 Å². The molecule has 5 nitrogen and oxygen atoms in total. The van der Waals surface area contributed by atoms with Crippen molar-refractivity contribution in [1.82, 2.24) is 14.9 Å². The molecule has 3 N–H and O–H groups in total. The highest BCUT2D eigenvalue weighted by Gasteiger charge is 2.17. The number of hydrogen-bond donors (Lipinski definition) is 2. The highest BCUT2D eigenvalue weighted by molar-refractivity contribution is 6.00. The molecule has 0 aliphatic heterocycles. The zero-order valence-corrected chi connectivity index (χ0v) is 12.0. The van der Waals surface area contributed by atoms with Crippen LogP contribution in [0.15, 0.2) is 30.6 Å². The SMILES string of the molecule is CCC(CC)C(N)CNC(=O)c1cnn2ccccc12. The van der Waals surface area contributed by atoms with Crippen LogP contribution in [0.25, 0.3) is 5.52 Å². The first-order chi connectivity index (χ1) is 9.67. The van der Waals surface area contributed by atoms with Crippen LogP contribution in [-0.2, 0) is 0 Å². The Labute approximate surface area is 119 Å². The second kappa shape index (κ2) is 6.52. The molecular weight excluding hydrogens is 252 g/mol. The van der Waals surface area contributed by atoms with Crippen LogP contribution in [0, 0.1) is 5.92 Å². The van der Waals surface area contributed by atoms with Gasteiger partial charge in [0.1, 0.15) is 0 Å². The Morgan fingerprint density at radius 3 is 2.85 bits per heavy atom. The zero-order valence-electron chi connectivity index (χ0n) is 12.0. The largest absolute Gasteiger partial charge is 0.350 e. The number of carbonyl (C=O) groups is 1. The number of nitrogens with two attached hydrogens (primary N) is 1. The molecular formula is C15H22N4O. The molecule has 0 radical (unpaired) electrons. The average Bonchev–Trinajstić information content (AvgIpc) is 2.90. The molecule has 0 bridgehead atoms. The van der Waals surface area contributed by atoms with Crippen molar-refractivity contribution in [3.05, 3.63) is 36.2 Å². The average molecular weight is 274 g/mol.